The molecule has 0 aliphatic rings. The predicted octanol–water partition coefficient (Wildman–Crippen LogP) is 2.39. The first kappa shape index (κ1) is 15.0. The Bertz CT molecular complexity index is 567. The van der Waals surface area contributed by atoms with Crippen molar-refractivity contribution in [3.05, 3.63) is 42.0 Å². The highest BCUT2D eigenvalue weighted by Crippen LogP contribution is 2.14. The van der Waals surface area contributed by atoms with E-state index in [1.807, 2.05) is 26.0 Å². The van der Waals surface area contributed by atoms with Crippen molar-refractivity contribution >= 4 is 5.91 Å². The normalized spacial score (nSPS) is 10.6. The first-order valence-corrected chi connectivity index (χ1v) is 6.94. The number of hydrogen-bond donors (Lipinski definition) is 1. The van der Waals surface area contributed by atoms with Gasteiger partial charge in [-0.25, -0.2) is 0 Å². The zero-order valence-electron chi connectivity index (χ0n) is 12.2. The van der Waals surface area contributed by atoms with Crippen LogP contribution in [0.2, 0.25) is 0 Å². The Morgan fingerprint density at radius 2 is 2.33 bits per heavy atom. The van der Waals surface area contributed by atoms with Crippen molar-refractivity contribution in [1.82, 2.24) is 15.5 Å². The van der Waals surface area contributed by atoms with Crippen LogP contribution >= 0.6 is 0 Å². The van der Waals surface area contributed by atoms with Gasteiger partial charge in [0.05, 0.1) is 12.8 Å². The lowest BCUT2D eigenvalue weighted by atomic mass is 10.1. The zero-order valence-corrected chi connectivity index (χ0v) is 12.2. The number of rotatable bonds is 7. The van der Waals surface area contributed by atoms with E-state index in [9.17, 15) is 4.79 Å². The van der Waals surface area contributed by atoms with Crippen LogP contribution in [0.25, 0.3) is 0 Å². The zero-order chi connectivity index (χ0) is 15.1. The number of carbonyl (C=O) groups is 1. The summed E-state index contributed by atoms with van der Waals surface area (Å²) in [7, 11) is 0. The van der Waals surface area contributed by atoms with Gasteiger partial charge in [-0.2, -0.15) is 0 Å². The summed E-state index contributed by atoms with van der Waals surface area (Å²) in [6.07, 6.45) is 4.05. The molecule has 0 spiro atoms. The van der Waals surface area contributed by atoms with E-state index in [1.54, 1.807) is 18.5 Å². The van der Waals surface area contributed by atoms with Crippen molar-refractivity contribution < 1.29 is 14.1 Å². The summed E-state index contributed by atoms with van der Waals surface area (Å²) < 4.78 is 10.6. The molecule has 1 N–H and O–H groups in total. The van der Waals surface area contributed by atoms with Gasteiger partial charge in [0.2, 0.25) is 0 Å². The van der Waals surface area contributed by atoms with Crippen LogP contribution in [0.5, 0.6) is 5.75 Å². The molecule has 2 aromatic heterocycles. The third kappa shape index (κ3) is 4.59. The summed E-state index contributed by atoms with van der Waals surface area (Å²) in [5.74, 6) is 1.42. The molecule has 0 fully saturated rings. The van der Waals surface area contributed by atoms with Crippen LogP contribution in [0.3, 0.4) is 0 Å². The largest absolute Gasteiger partial charge is 0.492 e. The van der Waals surface area contributed by atoms with E-state index in [1.165, 1.54) is 0 Å². The molecule has 21 heavy (non-hydrogen) atoms. The van der Waals surface area contributed by atoms with Gasteiger partial charge < -0.3 is 14.6 Å². The van der Waals surface area contributed by atoms with E-state index in [0.717, 1.165) is 5.75 Å². The molecular weight excluding hydrogens is 270 g/mol. The fourth-order valence-corrected chi connectivity index (χ4v) is 1.66. The van der Waals surface area contributed by atoms with Gasteiger partial charge in [0, 0.05) is 24.7 Å². The lowest BCUT2D eigenvalue weighted by Gasteiger charge is -2.05. The molecule has 0 unspecified atom stereocenters. The van der Waals surface area contributed by atoms with Gasteiger partial charge in [-0.05, 0) is 18.6 Å². The van der Waals surface area contributed by atoms with Gasteiger partial charge in [0.1, 0.15) is 11.5 Å². The molecule has 0 aliphatic heterocycles. The van der Waals surface area contributed by atoms with Crippen molar-refractivity contribution in [2.45, 2.75) is 26.2 Å². The van der Waals surface area contributed by atoms with Gasteiger partial charge in [-0.3, -0.25) is 9.78 Å². The maximum absolute atomic E-state index is 11.8. The van der Waals surface area contributed by atoms with Gasteiger partial charge in [0.15, 0.2) is 5.69 Å². The lowest BCUT2D eigenvalue weighted by molar-refractivity contribution is 0.0942. The van der Waals surface area contributed by atoms with Crippen LogP contribution in [-0.2, 0) is 0 Å². The number of amides is 1. The standard InChI is InChI=1S/C15H19N3O3/c1-11(2)14-9-13(18-21-14)15(19)17-7-4-8-20-12-5-3-6-16-10-12/h3,5-6,9-11H,4,7-8H2,1-2H3,(H,17,19). The number of hydrogen-bond acceptors (Lipinski definition) is 5. The number of nitrogens with zero attached hydrogens (tertiary/aromatic N) is 2. The fourth-order valence-electron chi connectivity index (χ4n) is 1.66. The summed E-state index contributed by atoms with van der Waals surface area (Å²) in [6.45, 7) is 5.00. The molecule has 2 rings (SSSR count). The van der Waals surface area contributed by atoms with Crippen molar-refractivity contribution in [3.8, 4) is 5.75 Å². The highest BCUT2D eigenvalue weighted by atomic mass is 16.5. The average molecular weight is 289 g/mol. The summed E-state index contributed by atoms with van der Waals surface area (Å²) in [4.78, 5) is 15.8. The van der Waals surface area contributed by atoms with Crippen LogP contribution in [0.15, 0.2) is 35.1 Å². The second kappa shape index (κ2) is 7.42. The van der Waals surface area contributed by atoms with E-state index in [2.05, 4.69) is 15.5 Å². The predicted molar refractivity (Wildman–Crippen MR) is 77.3 cm³/mol. The number of pyridine rings is 1. The Morgan fingerprint density at radius 1 is 1.48 bits per heavy atom. The van der Waals surface area contributed by atoms with Crippen LogP contribution in [0.4, 0.5) is 0 Å². The first-order chi connectivity index (χ1) is 10.2. The molecule has 2 aromatic rings. The Balaban J connectivity index is 1.67. The molecule has 0 saturated carbocycles. The van der Waals surface area contributed by atoms with E-state index >= 15 is 0 Å². The van der Waals surface area contributed by atoms with Crippen LogP contribution in [0, 0.1) is 0 Å². The number of aromatic nitrogens is 2. The topological polar surface area (TPSA) is 77.2 Å². The second-order valence-corrected chi connectivity index (χ2v) is 4.92. The van der Waals surface area contributed by atoms with Crippen molar-refractivity contribution in [2.24, 2.45) is 0 Å². The molecule has 1 amide bonds. The highest BCUT2D eigenvalue weighted by Gasteiger charge is 2.13. The monoisotopic (exact) mass is 289 g/mol. The van der Waals surface area contributed by atoms with E-state index in [4.69, 9.17) is 9.26 Å². The summed E-state index contributed by atoms with van der Waals surface area (Å²) in [5.41, 5.74) is 0.312. The molecule has 6 nitrogen and oxygen atoms in total. The van der Waals surface area contributed by atoms with Gasteiger partial charge in [0.25, 0.3) is 5.91 Å². The maximum Gasteiger partial charge on any atom is 0.273 e. The molecule has 0 saturated heterocycles. The molecule has 0 aromatic carbocycles. The summed E-state index contributed by atoms with van der Waals surface area (Å²) >= 11 is 0. The second-order valence-electron chi connectivity index (χ2n) is 4.92. The quantitative estimate of drug-likeness (QED) is 0.792. The van der Waals surface area contributed by atoms with Gasteiger partial charge >= 0.3 is 0 Å². The Labute approximate surface area is 123 Å². The van der Waals surface area contributed by atoms with Gasteiger partial charge in [-0.15, -0.1) is 0 Å². The molecule has 0 bridgehead atoms. The van der Waals surface area contributed by atoms with E-state index in [0.29, 0.717) is 31.0 Å². The van der Waals surface area contributed by atoms with Crippen molar-refractivity contribution in [2.75, 3.05) is 13.2 Å². The molecule has 112 valence electrons. The molecule has 0 aliphatic carbocycles. The number of carbonyl (C=O) groups excluding carboxylic acids is 1. The molecule has 6 heteroatoms. The van der Waals surface area contributed by atoms with E-state index < -0.39 is 0 Å². The summed E-state index contributed by atoms with van der Waals surface area (Å²) in [6, 6.07) is 5.33. The maximum atomic E-state index is 11.8. The Hall–Kier alpha value is -2.37. The lowest BCUT2D eigenvalue weighted by Crippen LogP contribution is -2.25. The Kier molecular flexibility index (Phi) is 5.31. The smallest absolute Gasteiger partial charge is 0.273 e. The molecule has 0 radical (unpaired) electrons. The molecular formula is C15H19N3O3. The molecule has 0 atom stereocenters. The third-order valence-corrected chi connectivity index (χ3v) is 2.84. The molecule has 2 heterocycles. The Morgan fingerprint density at radius 3 is 3.00 bits per heavy atom. The van der Waals surface area contributed by atoms with E-state index in [-0.39, 0.29) is 11.8 Å². The third-order valence-electron chi connectivity index (χ3n) is 2.84. The fraction of sp³-hybridized carbons (Fsp3) is 0.400. The first-order valence-electron chi connectivity index (χ1n) is 6.94. The van der Waals surface area contributed by atoms with Crippen molar-refractivity contribution in [1.29, 1.82) is 0 Å². The minimum Gasteiger partial charge on any atom is -0.492 e. The minimum absolute atomic E-state index is 0.215. The van der Waals surface area contributed by atoms with Crippen LogP contribution in [0.1, 0.15) is 42.4 Å². The van der Waals surface area contributed by atoms with Crippen LogP contribution in [-0.4, -0.2) is 29.2 Å². The van der Waals surface area contributed by atoms with Crippen molar-refractivity contribution in [3.63, 3.8) is 0 Å². The van der Waals surface area contributed by atoms with Crippen LogP contribution < -0.4 is 10.1 Å². The SMILES string of the molecule is CC(C)c1cc(C(=O)NCCCOc2cccnc2)no1. The highest BCUT2D eigenvalue weighted by molar-refractivity contribution is 5.92. The minimum atomic E-state index is -0.230. The number of nitrogens with one attached hydrogen (secondary N) is 1. The number of ether oxygens (including phenoxy) is 1. The average Bonchev–Trinajstić information content (AvgIpc) is 2.98. The van der Waals surface area contributed by atoms with Gasteiger partial charge in [-0.1, -0.05) is 19.0 Å². The summed E-state index contributed by atoms with van der Waals surface area (Å²) in [5, 5.41) is 6.54.